The van der Waals surface area contributed by atoms with Gasteiger partial charge in [0.2, 0.25) is 5.95 Å². The predicted octanol–water partition coefficient (Wildman–Crippen LogP) is 4.71. The summed E-state index contributed by atoms with van der Waals surface area (Å²) in [7, 11) is 0. The minimum Gasteiger partial charge on any atom is -0.507 e. The Bertz CT molecular complexity index is 1410. The zero-order chi connectivity index (χ0) is 22.6. The van der Waals surface area contributed by atoms with Gasteiger partial charge in [0.15, 0.2) is 0 Å². The molecule has 1 unspecified atom stereocenters. The van der Waals surface area contributed by atoms with Crippen LogP contribution in [0.15, 0.2) is 64.8 Å². The number of aliphatic hydroxyl groups is 1. The van der Waals surface area contributed by atoms with Crippen molar-refractivity contribution in [3.63, 3.8) is 0 Å². The van der Waals surface area contributed by atoms with Gasteiger partial charge in [-0.1, -0.05) is 23.8 Å². The molecule has 7 heteroatoms. The summed E-state index contributed by atoms with van der Waals surface area (Å²) in [5, 5.41) is 11.2. The number of H-pyrrole nitrogens is 1. The fraction of sp³-hybridized carbons (Fsp3) is 0.160. The third-order valence-corrected chi connectivity index (χ3v) is 5.76. The highest BCUT2D eigenvalue weighted by molar-refractivity contribution is 6.51. The molecule has 2 N–H and O–H groups in total. The van der Waals surface area contributed by atoms with Crippen LogP contribution in [0.4, 0.5) is 5.95 Å². The maximum Gasteiger partial charge on any atom is 0.302 e. The third kappa shape index (κ3) is 3.01. The number of aliphatic hydroxyl groups excluding tert-OH is 1. The van der Waals surface area contributed by atoms with Crippen molar-refractivity contribution in [2.75, 3.05) is 4.90 Å². The van der Waals surface area contributed by atoms with Gasteiger partial charge in [-0.25, -0.2) is 4.98 Å². The third-order valence-electron chi connectivity index (χ3n) is 5.76. The Hall–Kier alpha value is -4.13. The molecule has 5 rings (SSSR count). The number of hydrogen-bond acceptors (Lipinski definition) is 5. The van der Waals surface area contributed by atoms with Crippen LogP contribution in [0.3, 0.4) is 0 Å². The Morgan fingerprint density at radius 3 is 2.56 bits per heavy atom. The molecule has 160 valence electrons. The van der Waals surface area contributed by atoms with Gasteiger partial charge in [-0.2, -0.15) is 0 Å². The molecule has 1 aliphatic heterocycles. The van der Waals surface area contributed by atoms with Crippen LogP contribution in [0, 0.1) is 20.8 Å². The molecule has 1 fully saturated rings. The topological polar surface area (TPSA) is 99.4 Å². The molecule has 0 aliphatic carbocycles. The minimum absolute atomic E-state index is 0.0321. The van der Waals surface area contributed by atoms with Crippen molar-refractivity contribution in [2.45, 2.75) is 26.8 Å². The van der Waals surface area contributed by atoms with E-state index in [0.29, 0.717) is 16.8 Å². The maximum absolute atomic E-state index is 13.2. The Labute approximate surface area is 184 Å². The highest BCUT2D eigenvalue weighted by Crippen LogP contribution is 2.42. The number of carbonyl (C=O) groups is 2. The van der Waals surface area contributed by atoms with E-state index in [1.54, 1.807) is 18.2 Å². The molecule has 7 nitrogen and oxygen atoms in total. The molecule has 32 heavy (non-hydrogen) atoms. The van der Waals surface area contributed by atoms with E-state index in [4.69, 9.17) is 4.42 Å². The molecule has 2 aromatic carbocycles. The number of hydrogen-bond donors (Lipinski definition) is 2. The van der Waals surface area contributed by atoms with Crippen LogP contribution in [0.2, 0.25) is 0 Å². The number of aromatic amines is 1. The van der Waals surface area contributed by atoms with E-state index in [9.17, 15) is 14.7 Å². The SMILES string of the molecule is Cc1ccc(C)c(/C(O)=C2\C(=O)C(=O)N(c3nc4ccc(C)cc4[nH]3)C2c2ccco2)c1. The van der Waals surface area contributed by atoms with Crippen LogP contribution in [-0.4, -0.2) is 26.8 Å². The Morgan fingerprint density at radius 2 is 1.81 bits per heavy atom. The molecule has 0 saturated carbocycles. The van der Waals surface area contributed by atoms with Crippen molar-refractivity contribution in [3.8, 4) is 0 Å². The number of carbonyl (C=O) groups excluding carboxylic acids is 2. The molecule has 3 heterocycles. The van der Waals surface area contributed by atoms with Gasteiger partial charge in [0.05, 0.1) is 22.9 Å². The molecule has 1 amide bonds. The van der Waals surface area contributed by atoms with Crippen LogP contribution in [0.25, 0.3) is 16.8 Å². The standard InChI is InChI=1S/C25H21N3O4/c1-13-6-8-15(3)16(11-13)22(29)20-21(19-5-4-10-32-19)28(24(31)23(20)30)25-26-17-9-7-14(2)12-18(17)27-25/h4-12,21,29H,1-3H3,(H,26,27)/b22-20+. The fourth-order valence-corrected chi connectivity index (χ4v) is 4.13. The van der Waals surface area contributed by atoms with E-state index in [2.05, 4.69) is 9.97 Å². The Morgan fingerprint density at radius 1 is 1.06 bits per heavy atom. The number of rotatable bonds is 3. The molecule has 0 bridgehead atoms. The number of fused-ring (bicyclic) bond motifs is 1. The first-order chi connectivity index (χ1) is 15.3. The lowest BCUT2D eigenvalue weighted by molar-refractivity contribution is -0.132. The van der Waals surface area contributed by atoms with E-state index in [0.717, 1.165) is 22.2 Å². The molecule has 1 aliphatic rings. The average molecular weight is 427 g/mol. The van der Waals surface area contributed by atoms with E-state index in [1.165, 1.54) is 11.2 Å². The smallest absolute Gasteiger partial charge is 0.302 e. The number of imidazole rings is 1. The van der Waals surface area contributed by atoms with Gasteiger partial charge in [-0.15, -0.1) is 0 Å². The number of nitrogens with zero attached hydrogens (tertiary/aromatic N) is 2. The van der Waals surface area contributed by atoms with Gasteiger partial charge >= 0.3 is 5.91 Å². The molecular weight excluding hydrogens is 406 g/mol. The molecule has 1 saturated heterocycles. The molecule has 0 spiro atoms. The summed E-state index contributed by atoms with van der Waals surface area (Å²) in [6.45, 7) is 5.70. The van der Waals surface area contributed by atoms with Gasteiger partial charge in [0.1, 0.15) is 17.6 Å². The van der Waals surface area contributed by atoms with Gasteiger partial charge < -0.3 is 14.5 Å². The van der Waals surface area contributed by atoms with Gasteiger partial charge in [0, 0.05) is 5.56 Å². The second-order valence-electron chi connectivity index (χ2n) is 8.08. The lowest BCUT2D eigenvalue weighted by atomic mass is 9.96. The summed E-state index contributed by atoms with van der Waals surface area (Å²) in [6, 6.07) is 13.7. The van der Waals surface area contributed by atoms with E-state index < -0.39 is 17.7 Å². The molecular formula is C25H21N3O4. The average Bonchev–Trinajstić information content (AvgIpc) is 3.48. The van der Waals surface area contributed by atoms with Crippen molar-refractivity contribution in [1.82, 2.24) is 9.97 Å². The second-order valence-corrected chi connectivity index (χ2v) is 8.08. The van der Waals surface area contributed by atoms with Gasteiger partial charge in [-0.3, -0.25) is 14.5 Å². The molecule has 4 aromatic rings. The summed E-state index contributed by atoms with van der Waals surface area (Å²) in [5.74, 6) is -1.24. The minimum atomic E-state index is -0.952. The van der Waals surface area contributed by atoms with Crippen molar-refractivity contribution >= 4 is 34.4 Å². The number of aryl methyl sites for hydroxylation is 3. The van der Waals surface area contributed by atoms with Crippen LogP contribution in [0.5, 0.6) is 0 Å². The molecule has 1 atom stereocenters. The summed E-state index contributed by atoms with van der Waals surface area (Å²) >= 11 is 0. The number of aromatic nitrogens is 2. The zero-order valence-electron chi connectivity index (χ0n) is 17.8. The van der Waals surface area contributed by atoms with Crippen molar-refractivity contribution in [1.29, 1.82) is 0 Å². The first kappa shape index (κ1) is 19.8. The Balaban J connectivity index is 1.74. The predicted molar refractivity (Wildman–Crippen MR) is 120 cm³/mol. The van der Waals surface area contributed by atoms with Crippen LogP contribution >= 0.6 is 0 Å². The maximum atomic E-state index is 13.2. The number of ketones is 1. The van der Waals surface area contributed by atoms with Crippen molar-refractivity contribution < 1.29 is 19.1 Å². The van der Waals surface area contributed by atoms with Gasteiger partial charge in [0.25, 0.3) is 5.78 Å². The molecule has 2 aromatic heterocycles. The summed E-state index contributed by atoms with van der Waals surface area (Å²) < 4.78 is 5.60. The number of anilines is 1. The summed E-state index contributed by atoms with van der Waals surface area (Å²) in [4.78, 5) is 35.3. The number of benzene rings is 2. The quantitative estimate of drug-likeness (QED) is 0.280. The highest BCUT2D eigenvalue weighted by Gasteiger charge is 2.49. The lowest BCUT2D eigenvalue weighted by Crippen LogP contribution is -2.30. The first-order valence-electron chi connectivity index (χ1n) is 10.2. The number of Topliss-reactive ketones (excluding diaryl/α,β-unsaturated/α-hetero) is 1. The van der Waals surface area contributed by atoms with Crippen LogP contribution in [0.1, 0.15) is 34.1 Å². The first-order valence-corrected chi connectivity index (χ1v) is 10.2. The molecule has 0 radical (unpaired) electrons. The van der Waals surface area contributed by atoms with Gasteiger partial charge in [-0.05, 0) is 62.2 Å². The largest absolute Gasteiger partial charge is 0.507 e. The fourth-order valence-electron chi connectivity index (χ4n) is 4.13. The van der Waals surface area contributed by atoms with Crippen LogP contribution in [-0.2, 0) is 9.59 Å². The van der Waals surface area contributed by atoms with E-state index >= 15 is 0 Å². The van der Waals surface area contributed by atoms with E-state index in [-0.39, 0.29) is 17.3 Å². The summed E-state index contributed by atoms with van der Waals surface area (Å²) in [6.07, 6.45) is 1.47. The van der Waals surface area contributed by atoms with Crippen molar-refractivity contribution in [2.24, 2.45) is 0 Å². The monoisotopic (exact) mass is 427 g/mol. The normalized spacial score (nSPS) is 18.1. The van der Waals surface area contributed by atoms with Crippen molar-refractivity contribution in [3.05, 3.63) is 88.4 Å². The van der Waals surface area contributed by atoms with E-state index in [1.807, 2.05) is 51.1 Å². The number of amides is 1. The Kier molecular flexibility index (Phi) is 4.48. The highest BCUT2D eigenvalue weighted by atomic mass is 16.3. The second kappa shape index (κ2) is 7.23. The zero-order valence-corrected chi connectivity index (χ0v) is 17.8. The number of furan rings is 1. The lowest BCUT2D eigenvalue weighted by Gasteiger charge is -2.21. The van der Waals surface area contributed by atoms with Crippen LogP contribution < -0.4 is 4.90 Å². The number of nitrogens with one attached hydrogen (secondary N) is 1. The summed E-state index contributed by atoms with van der Waals surface area (Å²) in [5.41, 5.74) is 4.63.